The molecule has 0 amide bonds. The van der Waals surface area contributed by atoms with Crippen molar-refractivity contribution in [2.45, 2.75) is 78.1 Å². The van der Waals surface area contributed by atoms with Gasteiger partial charge >= 0.3 is 0 Å². The zero-order chi connectivity index (χ0) is 17.5. The van der Waals surface area contributed by atoms with Crippen LogP contribution in [0, 0.1) is 0 Å². The first-order valence-electron chi connectivity index (χ1n) is 9.73. The van der Waals surface area contributed by atoms with Gasteiger partial charge in [0.2, 0.25) is 0 Å². The smallest absolute Gasteiger partial charge is 0.108 e. The molecule has 0 aliphatic heterocycles. The van der Waals surface area contributed by atoms with Crippen LogP contribution in [0.4, 0.5) is 0 Å². The van der Waals surface area contributed by atoms with Gasteiger partial charge in [0.1, 0.15) is 5.52 Å². The maximum Gasteiger partial charge on any atom is 0.108 e. The van der Waals surface area contributed by atoms with Crippen LogP contribution >= 0.6 is 11.5 Å². The van der Waals surface area contributed by atoms with Crippen LogP contribution in [-0.2, 0) is 12.8 Å². The van der Waals surface area contributed by atoms with Crippen molar-refractivity contribution < 1.29 is 0 Å². The maximum absolute atomic E-state index is 4.99. The van der Waals surface area contributed by atoms with Crippen LogP contribution in [0.5, 0.6) is 0 Å². The highest BCUT2D eigenvalue weighted by Crippen LogP contribution is 2.24. The second-order valence-corrected chi connectivity index (χ2v) is 7.61. The molecule has 0 fully saturated rings. The molecule has 3 rings (SSSR count). The van der Waals surface area contributed by atoms with Crippen LogP contribution in [0.3, 0.4) is 0 Å². The minimum absolute atomic E-state index is 0.930. The predicted molar refractivity (Wildman–Crippen MR) is 106 cm³/mol. The first kappa shape index (κ1) is 18.2. The van der Waals surface area contributed by atoms with Gasteiger partial charge in [0.05, 0.1) is 27.1 Å². The van der Waals surface area contributed by atoms with Crippen LogP contribution in [0.2, 0.25) is 0 Å². The summed E-state index contributed by atoms with van der Waals surface area (Å²) in [5.74, 6) is 0. The molecule has 2 heterocycles. The zero-order valence-electron chi connectivity index (χ0n) is 15.4. The molecule has 0 saturated carbocycles. The van der Waals surface area contributed by atoms with E-state index in [4.69, 9.17) is 9.97 Å². The quantitative estimate of drug-likeness (QED) is 0.426. The van der Waals surface area contributed by atoms with Gasteiger partial charge in [0.25, 0.3) is 0 Å². The Labute approximate surface area is 154 Å². The fraction of sp³-hybridized carbons (Fsp3) is 0.600. The first-order valence-corrected chi connectivity index (χ1v) is 10.5. The van der Waals surface area contributed by atoms with Crippen molar-refractivity contribution in [3.8, 4) is 0 Å². The van der Waals surface area contributed by atoms with E-state index in [-0.39, 0.29) is 0 Å². The Morgan fingerprint density at radius 2 is 1.32 bits per heavy atom. The lowest BCUT2D eigenvalue weighted by Crippen LogP contribution is -2.03. The van der Waals surface area contributed by atoms with E-state index in [0.29, 0.717) is 0 Å². The molecule has 3 aromatic rings. The van der Waals surface area contributed by atoms with E-state index < -0.39 is 0 Å². The average molecular weight is 357 g/mol. The molecule has 5 heteroatoms. The minimum Gasteiger partial charge on any atom is -0.249 e. The standard InChI is InChI=1S/C20H28N4S/c1-3-5-7-9-11-15-16(12-10-8-6-4-2)22-18-14-20-19(23-24-25-20)13-17(18)21-15/h13-14H,3-12H2,1-2H3. The molecule has 0 aliphatic carbocycles. The molecule has 0 saturated heterocycles. The summed E-state index contributed by atoms with van der Waals surface area (Å²) >= 11 is 1.43. The number of fused-ring (bicyclic) bond motifs is 2. The molecule has 0 bridgehead atoms. The van der Waals surface area contributed by atoms with Crippen molar-refractivity contribution >= 4 is 32.8 Å². The highest BCUT2D eigenvalue weighted by atomic mass is 32.1. The fourth-order valence-corrected chi connectivity index (χ4v) is 3.82. The van der Waals surface area contributed by atoms with Crippen molar-refractivity contribution in [3.63, 3.8) is 0 Å². The molecular weight excluding hydrogens is 328 g/mol. The summed E-state index contributed by atoms with van der Waals surface area (Å²) < 4.78 is 5.14. The van der Waals surface area contributed by atoms with Crippen LogP contribution in [0.15, 0.2) is 12.1 Å². The summed E-state index contributed by atoms with van der Waals surface area (Å²) in [4.78, 5) is 9.97. The van der Waals surface area contributed by atoms with Crippen molar-refractivity contribution in [1.82, 2.24) is 19.6 Å². The topological polar surface area (TPSA) is 51.6 Å². The largest absolute Gasteiger partial charge is 0.249 e. The molecule has 134 valence electrons. The molecule has 4 nitrogen and oxygen atoms in total. The van der Waals surface area contributed by atoms with Gasteiger partial charge in [-0.05, 0) is 49.3 Å². The number of benzene rings is 1. The lowest BCUT2D eigenvalue weighted by Gasteiger charge is -2.10. The molecule has 0 spiro atoms. The molecular formula is C20H28N4S. The van der Waals surface area contributed by atoms with Gasteiger partial charge in [-0.2, -0.15) is 0 Å². The molecule has 0 radical (unpaired) electrons. The Morgan fingerprint density at radius 3 is 1.92 bits per heavy atom. The Morgan fingerprint density at radius 1 is 0.720 bits per heavy atom. The highest BCUT2D eigenvalue weighted by molar-refractivity contribution is 7.13. The second kappa shape index (κ2) is 9.18. The number of aromatic nitrogens is 4. The average Bonchev–Trinajstić information content (AvgIpc) is 3.07. The molecule has 0 aliphatic rings. The second-order valence-electron chi connectivity index (χ2n) is 6.82. The number of unbranched alkanes of at least 4 members (excludes halogenated alkanes) is 6. The molecule has 1 aromatic carbocycles. The predicted octanol–water partition coefficient (Wildman–Crippen LogP) is 5.88. The van der Waals surface area contributed by atoms with E-state index in [0.717, 1.165) is 34.1 Å². The third-order valence-corrected chi connectivity index (χ3v) is 5.41. The number of nitrogens with zero attached hydrogens (tertiary/aromatic N) is 4. The third-order valence-electron chi connectivity index (χ3n) is 4.72. The van der Waals surface area contributed by atoms with Crippen LogP contribution < -0.4 is 0 Å². The molecule has 0 N–H and O–H groups in total. The van der Waals surface area contributed by atoms with Gasteiger partial charge in [0, 0.05) is 0 Å². The summed E-state index contributed by atoms with van der Waals surface area (Å²) in [5.41, 5.74) is 5.28. The molecule has 2 aromatic heterocycles. The van der Waals surface area contributed by atoms with Crippen molar-refractivity contribution in [1.29, 1.82) is 0 Å². The first-order chi connectivity index (χ1) is 12.3. The van der Waals surface area contributed by atoms with Gasteiger partial charge < -0.3 is 0 Å². The van der Waals surface area contributed by atoms with Gasteiger partial charge in [-0.25, -0.2) is 9.97 Å². The molecule has 0 unspecified atom stereocenters. The SMILES string of the molecule is CCCCCCc1nc2cc3nnsc3cc2nc1CCCCCC. The van der Waals surface area contributed by atoms with E-state index >= 15 is 0 Å². The molecule has 0 atom stereocenters. The fourth-order valence-electron chi connectivity index (χ4n) is 3.24. The summed E-state index contributed by atoms with van der Waals surface area (Å²) in [5, 5.41) is 4.18. The van der Waals surface area contributed by atoms with E-state index in [9.17, 15) is 0 Å². The third kappa shape index (κ3) is 4.72. The van der Waals surface area contributed by atoms with Gasteiger partial charge in [-0.3, -0.25) is 0 Å². The van der Waals surface area contributed by atoms with Gasteiger partial charge in [-0.1, -0.05) is 56.9 Å². The Balaban J connectivity index is 1.85. The Kier molecular flexibility index (Phi) is 6.68. The lowest BCUT2D eigenvalue weighted by atomic mass is 10.0. The van der Waals surface area contributed by atoms with Crippen molar-refractivity contribution in [2.75, 3.05) is 0 Å². The van der Waals surface area contributed by atoms with Crippen LogP contribution in [0.25, 0.3) is 21.3 Å². The zero-order valence-corrected chi connectivity index (χ0v) is 16.2. The van der Waals surface area contributed by atoms with Gasteiger partial charge in [-0.15, -0.1) is 5.10 Å². The highest BCUT2D eigenvalue weighted by Gasteiger charge is 2.11. The van der Waals surface area contributed by atoms with Crippen molar-refractivity contribution in [2.24, 2.45) is 0 Å². The number of hydrogen-bond donors (Lipinski definition) is 0. The monoisotopic (exact) mass is 356 g/mol. The van der Waals surface area contributed by atoms with E-state index in [1.54, 1.807) is 0 Å². The summed E-state index contributed by atoms with van der Waals surface area (Å²) in [6, 6.07) is 4.14. The summed E-state index contributed by atoms with van der Waals surface area (Å²) in [7, 11) is 0. The summed E-state index contributed by atoms with van der Waals surface area (Å²) in [6.45, 7) is 4.51. The van der Waals surface area contributed by atoms with Crippen LogP contribution in [0.1, 0.15) is 76.6 Å². The lowest BCUT2D eigenvalue weighted by molar-refractivity contribution is 0.639. The number of aryl methyl sites for hydroxylation is 2. The summed E-state index contributed by atoms with van der Waals surface area (Å²) in [6.07, 6.45) is 12.2. The van der Waals surface area contributed by atoms with Crippen molar-refractivity contribution in [3.05, 3.63) is 23.5 Å². The number of rotatable bonds is 10. The number of hydrogen-bond acceptors (Lipinski definition) is 5. The normalized spacial score (nSPS) is 11.6. The van der Waals surface area contributed by atoms with Gasteiger partial charge in [0.15, 0.2) is 0 Å². The van der Waals surface area contributed by atoms with E-state index in [1.165, 1.54) is 74.3 Å². The van der Waals surface area contributed by atoms with E-state index in [1.807, 2.05) is 6.07 Å². The molecule has 25 heavy (non-hydrogen) atoms. The minimum atomic E-state index is 0.930. The maximum atomic E-state index is 4.99. The Hall–Kier alpha value is -1.62. The Bertz CT molecular complexity index is 746. The van der Waals surface area contributed by atoms with E-state index in [2.05, 4.69) is 29.5 Å². The van der Waals surface area contributed by atoms with Crippen LogP contribution in [-0.4, -0.2) is 19.6 Å².